The van der Waals surface area contributed by atoms with E-state index in [1.807, 2.05) is 24.3 Å². The molecule has 1 N–H and O–H groups in total. The highest BCUT2D eigenvalue weighted by Gasteiger charge is 2.05. The molecule has 0 radical (unpaired) electrons. The van der Waals surface area contributed by atoms with Crippen molar-refractivity contribution in [3.63, 3.8) is 0 Å². The van der Waals surface area contributed by atoms with Gasteiger partial charge in [-0.25, -0.2) is 15.0 Å². The van der Waals surface area contributed by atoms with Crippen LogP contribution in [0.2, 0.25) is 0 Å². The quantitative estimate of drug-likeness (QED) is 0.747. The van der Waals surface area contributed by atoms with Crippen LogP contribution >= 0.6 is 15.9 Å². The number of nitrogens with one attached hydrogen (secondary N) is 1. The van der Waals surface area contributed by atoms with Crippen LogP contribution in [-0.2, 0) is 0 Å². The lowest BCUT2D eigenvalue weighted by Crippen LogP contribution is -2.09. The molecule has 0 spiro atoms. The highest BCUT2D eigenvalue weighted by molar-refractivity contribution is 9.10. The highest BCUT2D eigenvalue weighted by Crippen LogP contribution is 2.19. The van der Waals surface area contributed by atoms with Gasteiger partial charge in [0.15, 0.2) is 11.2 Å². The number of fused-ring (bicyclic) bond motifs is 1. The Labute approximate surface area is 110 Å². The van der Waals surface area contributed by atoms with Gasteiger partial charge in [-0.05, 0) is 12.1 Å². The van der Waals surface area contributed by atoms with Gasteiger partial charge in [0.2, 0.25) is 0 Å². The van der Waals surface area contributed by atoms with Crippen LogP contribution in [0.5, 0.6) is 0 Å². The minimum atomic E-state index is -0.286. The molecule has 0 atom stereocenters. The molecule has 2 heterocycles. The maximum absolute atomic E-state index is 11.6. The fourth-order valence-corrected chi connectivity index (χ4v) is 1.87. The summed E-state index contributed by atoms with van der Waals surface area (Å²) in [6.07, 6.45) is 2.93. The van der Waals surface area contributed by atoms with Gasteiger partial charge >= 0.3 is 0 Å². The summed E-state index contributed by atoms with van der Waals surface area (Å²) < 4.78 is 0.986. The molecule has 5 nitrogen and oxygen atoms in total. The molecule has 0 saturated carbocycles. The minimum Gasteiger partial charge on any atom is -0.311 e. The molecule has 0 bridgehead atoms. The van der Waals surface area contributed by atoms with Gasteiger partial charge in [-0.1, -0.05) is 28.1 Å². The van der Waals surface area contributed by atoms with E-state index in [1.54, 1.807) is 6.20 Å². The summed E-state index contributed by atoms with van der Waals surface area (Å²) in [4.78, 5) is 26.5. The standard InChI is InChI=1S/C12H7BrN4O/c13-8-3-1-7(2-4-8)9-5-14-11-10(17-9)12(18)16-6-15-11/h1-6H,(H,14,15,16,18). The molecule has 1 aromatic carbocycles. The third-order valence-electron chi connectivity index (χ3n) is 2.49. The average molecular weight is 303 g/mol. The Balaban J connectivity index is 2.22. The van der Waals surface area contributed by atoms with E-state index in [4.69, 9.17) is 0 Å². The SMILES string of the molecule is O=c1[nH]cnc2ncc(-c3ccc(Br)cc3)nc12. The third-order valence-corrected chi connectivity index (χ3v) is 3.02. The molecule has 0 aliphatic carbocycles. The first-order chi connectivity index (χ1) is 8.74. The van der Waals surface area contributed by atoms with Crippen molar-refractivity contribution >= 4 is 27.1 Å². The highest BCUT2D eigenvalue weighted by atomic mass is 79.9. The largest absolute Gasteiger partial charge is 0.311 e. The van der Waals surface area contributed by atoms with E-state index in [0.717, 1.165) is 10.0 Å². The Morgan fingerprint density at radius 2 is 1.89 bits per heavy atom. The molecule has 18 heavy (non-hydrogen) atoms. The smallest absolute Gasteiger partial charge is 0.278 e. The lowest BCUT2D eigenvalue weighted by molar-refractivity contribution is 1.11. The van der Waals surface area contributed by atoms with E-state index in [9.17, 15) is 4.79 Å². The van der Waals surface area contributed by atoms with Crippen LogP contribution in [-0.4, -0.2) is 19.9 Å². The van der Waals surface area contributed by atoms with Crippen molar-refractivity contribution in [1.29, 1.82) is 0 Å². The van der Waals surface area contributed by atoms with Gasteiger partial charge in [0.25, 0.3) is 5.56 Å². The summed E-state index contributed by atoms with van der Waals surface area (Å²) in [7, 11) is 0. The molecular weight excluding hydrogens is 296 g/mol. The fourth-order valence-electron chi connectivity index (χ4n) is 1.61. The van der Waals surface area contributed by atoms with E-state index in [0.29, 0.717) is 11.3 Å². The number of rotatable bonds is 1. The molecule has 3 rings (SSSR count). The molecule has 0 fully saturated rings. The predicted molar refractivity (Wildman–Crippen MR) is 71.1 cm³/mol. The number of hydrogen-bond donors (Lipinski definition) is 1. The van der Waals surface area contributed by atoms with Crippen molar-refractivity contribution in [3.8, 4) is 11.3 Å². The first-order valence-corrected chi connectivity index (χ1v) is 6.00. The number of aromatic amines is 1. The molecule has 2 aromatic heterocycles. The lowest BCUT2D eigenvalue weighted by Gasteiger charge is -2.01. The summed E-state index contributed by atoms with van der Waals surface area (Å²) in [5.74, 6) is 0. The Kier molecular flexibility index (Phi) is 2.64. The summed E-state index contributed by atoms with van der Waals surface area (Å²) in [5, 5.41) is 0. The number of aromatic nitrogens is 4. The molecule has 6 heteroatoms. The maximum atomic E-state index is 11.6. The molecule has 0 saturated heterocycles. The van der Waals surface area contributed by atoms with Crippen molar-refractivity contribution in [2.45, 2.75) is 0 Å². The second kappa shape index (κ2) is 4.30. The fraction of sp³-hybridized carbons (Fsp3) is 0. The molecule has 88 valence electrons. The van der Waals surface area contributed by atoms with Gasteiger partial charge in [-0.15, -0.1) is 0 Å². The van der Waals surface area contributed by atoms with E-state index < -0.39 is 0 Å². The normalized spacial score (nSPS) is 10.7. The van der Waals surface area contributed by atoms with E-state index in [1.165, 1.54) is 6.33 Å². The van der Waals surface area contributed by atoms with Crippen molar-refractivity contribution in [2.24, 2.45) is 0 Å². The topological polar surface area (TPSA) is 71.5 Å². The Bertz CT molecular complexity index is 767. The number of benzene rings is 1. The average Bonchev–Trinajstić information content (AvgIpc) is 2.40. The Morgan fingerprint density at radius 1 is 1.11 bits per heavy atom. The van der Waals surface area contributed by atoms with Gasteiger partial charge in [0.05, 0.1) is 18.2 Å². The summed E-state index contributed by atoms with van der Waals surface area (Å²) in [6.45, 7) is 0. The van der Waals surface area contributed by atoms with Gasteiger partial charge < -0.3 is 4.98 Å². The number of nitrogens with zero attached hydrogens (tertiary/aromatic N) is 3. The summed E-state index contributed by atoms with van der Waals surface area (Å²) >= 11 is 3.37. The first-order valence-electron chi connectivity index (χ1n) is 5.20. The first kappa shape index (κ1) is 11.0. The number of H-pyrrole nitrogens is 1. The number of halogens is 1. The van der Waals surface area contributed by atoms with Crippen LogP contribution < -0.4 is 5.56 Å². The van der Waals surface area contributed by atoms with Crippen LogP contribution in [0.15, 0.2) is 46.1 Å². The van der Waals surface area contributed by atoms with Crippen molar-refractivity contribution < 1.29 is 0 Å². The third kappa shape index (κ3) is 1.91. The van der Waals surface area contributed by atoms with Gasteiger partial charge in [-0.3, -0.25) is 4.79 Å². The molecule has 3 aromatic rings. The molecule has 0 aliphatic rings. The predicted octanol–water partition coefficient (Wildman–Crippen LogP) is 2.14. The van der Waals surface area contributed by atoms with Crippen LogP contribution in [0.1, 0.15) is 0 Å². The molecular formula is C12H7BrN4O. The van der Waals surface area contributed by atoms with Gasteiger partial charge in [0, 0.05) is 10.0 Å². The monoisotopic (exact) mass is 302 g/mol. The van der Waals surface area contributed by atoms with E-state index in [-0.39, 0.29) is 11.1 Å². The van der Waals surface area contributed by atoms with E-state index >= 15 is 0 Å². The van der Waals surface area contributed by atoms with Gasteiger partial charge in [0.1, 0.15) is 0 Å². The summed E-state index contributed by atoms with van der Waals surface area (Å²) in [5.41, 5.74) is 1.85. The summed E-state index contributed by atoms with van der Waals surface area (Å²) in [6, 6.07) is 7.64. The number of hydrogen-bond acceptors (Lipinski definition) is 4. The van der Waals surface area contributed by atoms with Crippen molar-refractivity contribution in [1.82, 2.24) is 19.9 Å². The Hall–Kier alpha value is -2.08. The van der Waals surface area contributed by atoms with Crippen LogP contribution in [0, 0.1) is 0 Å². The minimum absolute atomic E-state index is 0.248. The van der Waals surface area contributed by atoms with Gasteiger partial charge in [-0.2, -0.15) is 0 Å². The Morgan fingerprint density at radius 3 is 2.67 bits per heavy atom. The second-order valence-electron chi connectivity index (χ2n) is 3.67. The van der Waals surface area contributed by atoms with Crippen molar-refractivity contribution in [3.05, 3.63) is 51.6 Å². The second-order valence-corrected chi connectivity index (χ2v) is 4.58. The molecule has 0 aliphatic heterocycles. The van der Waals surface area contributed by atoms with Crippen molar-refractivity contribution in [2.75, 3.05) is 0 Å². The zero-order chi connectivity index (χ0) is 12.5. The van der Waals surface area contributed by atoms with Crippen LogP contribution in [0.4, 0.5) is 0 Å². The lowest BCUT2D eigenvalue weighted by atomic mass is 10.2. The van der Waals surface area contributed by atoms with Crippen LogP contribution in [0.3, 0.4) is 0 Å². The zero-order valence-electron chi connectivity index (χ0n) is 9.09. The van der Waals surface area contributed by atoms with Crippen LogP contribution in [0.25, 0.3) is 22.4 Å². The molecule has 0 amide bonds. The zero-order valence-corrected chi connectivity index (χ0v) is 10.7. The van der Waals surface area contributed by atoms with E-state index in [2.05, 4.69) is 35.9 Å². The molecule has 0 unspecified atom stereocenters. The maximum Gasteiger partial charge on any atom is 0.278 e.